The Morgan fingerprint density at radius 1 is 0.667 bits per heavy atom. The lowest BCUT2D eigenvalue weighted by Crippen LogP contribution is -2.10. The van der Waals surface area contributed by atoms with Crippen molar-refractivity contribution in [3.8, 4) is 0 Å². The number of allylic oxidation sites excluding steroid dienone is 2. The first-order valence-electron chi connectivity index (χ1n) is 8.11. The van der Waals surface area contributed by atoms with Crippen molar-refractivity contribution < 1.29 is 4.74 Å². The van der Waals surface area contributed by atoms with E-state index in [0.29, 0.717) is 6.10 Å². The molecule has 1 aliphatic carbocycles. The fourth-order valence-electron chi connectivity index (χ4n) is 2.77. The molecule has 0 aromatic rings. The minimum Gasteiger partial charge on any atom is -0.381 e. The zero-order valence-electron chi connectivity index (χ0n) is 12.3. The number of rotatable bonds is 1. The zero-order valence-corrected chi connectivity index (χ0v) is 12.3. The number of ether oxygens (including phenoxy) is 1. The van der Waals surface area contributed by atoms with Gasteiger partial charge in [0.25, 0.3) is 0 Å². The van der Waals surface area contributed by atoms with Gasteiger partial charge in [0.15, 0.2) is 0 Å². The molecule has 1 aliphatic rings. The molecule has 0 heterocycles. The summed E-state index contributed by atoms with van der Waals surface area (Å²) in [6, 6.07) is 0. The Bertz CT molecular complexity index is 198. The second kappa shape index (κ2) is 11.8. The van der Waals surface area contributed by atoms with Crippen LogP contribution >= 0.6 is 0 Å². The van der Waals surface area contributed by atoms with Crippen molar-refractivity contribution >= 4 is 0 Å². The fraction of sp³-hybridized carbons (Fsp3) is 0.882. The predicted octanol–water partition coefficient (Wildman–Crippen LogP) is 5.64. The Kier molecular flexibility index (Phi) is 10.3. The van der Waals surface area contributed by atoms with Gasteiger partial charge in [-0.15, -0.1) is 0 Å². The van der Waals surface area contributed by atoms with Crippen LogP contribution in [0.1, 0.15) is 83.5 Å². The maximum absolute atomic E-state index is 5.58. The van der Waals surface area contributed by atoms with E-state index in [0.717, 1.165) is 0 Å². The van der Waals surface area contributed by atoms with E-state index in [1.165, 1.54) is 83.5 Å². The molecule has 1 heteroatoms. The summed E-state index contributed by atoms with van der Waals surface area (Å²) in [4.78, 5) is 0. The van der Waals surface area contributed by atoms with Crippen LogP contribution in [0.4, 0.5) is 0 Å². The van der Waals surface area contributed by atoms with Gasteiger partial charge in [-0.3, -0.25) is 0 Å². The number of hydrogen-bond donors (Lipinski definition) is 0. The van der Waals surface area contributed by atoms with E-state index in [1.54, 1.807) is 0 Å². The number of hydrogen-bond acceptors (Lipinski definition) is 1. The van der Waals surface area contributed by atoms with E-state index in [2.05, 4.69) is 12.2 Å². The Labute approximate surface area is 114 Å². The molecule has 0 radical (unpaired) electrons. The quantitative estimate of drug-likeness (QED) is 0.548. The van der Waals surface area contributed by atoms with Crippen LogP contribution in [0.25, 0.3) is 0 Å². The van der Waals surface area contributed by atoms with Crippen LogP contribution < -0.4 is 0 Å². The molecule has 0 aromatic heterocycles. The largest absolute Gasteiger partial charge is 0.381 e. The minimum atomic E-state index is 0.526. The summed E-state index contributed by atoms with van der Waals surface area (Å²) in [7, 11) is 1.88. The maximum atomic E-state index is 5.58. The van der Waals surface area contributed by atoms with E-state index in [1.807, 2.05) is 7.11 Å². The van der Waals surface area contributed by atoms with E-state index >= 15 is 0 Å². The summed E-state index contributed by atoms with van der Waals surface area (Å²) in [6.07, 6.45) is 22.9. The van der Waals surface area contributed by atoms with E-state index < -0.39 is 0 Å². The third-order valence-corrected chi connectivity index (χ3v) is 4.04. The van der Waals surface area contributed by atoms with Crippen molar-refractivity contribution in [1.82, 2.24) is 0 Å². The maximum Gasteiger partial charge on any atom is 0.0571 e. The first kappa shape index (κ1) is 15.8. The summed E-state index contributed by atoms with van der Waals surface area (Å²) in [6.45, 7) is 0. The molecule has 18 heavy (non-hydrogen) atoms. The average Bonchev–Trinajstić information content (AvgIpc) is 2.39. The zero-order chi connectivity index (χ0) is 12.9. The minimum absolute atomic E-state index is 0.526. The van der Waals surface area contributed by atoms with Gasteiger partial charge >= 0.3 is 0 Å². The molecule has 0 fully saturated rings. The molecule has 0 aliphatic heterocycles. The highest BCUT2D eigenvalue weighted by molar-refractivity contribution is 4.81. The summed E-state index contributed by atoms with van der Waals surface area (Å²) in [5.74, 6) is 0. The molecule has 1 nitrogen and oxygen atoms in total. The van der Waals surface area contributed by atoms with Crippen LogP contribution in [0, 0.1) is 0 Å². The molecule has 1 rings (SSSR count). The lowest BCUT2D eigenvalue weighted by atomic mass is 10.0. The molecule has 0 bridgehead atoms. The van der Waals surface area contributed by atoms with Gasteiger partial charge in [0.05, 0.1) is 6.10 Å². The highest BCUT2D eigenvalue weighted by Crippen LogP contribution is 2.16. The Morgan fingerprint density at radius 3 is 1.61 bits per heavy atom. The first-order valence-corrected chi connectivity index (χ1v) is 8.11. The van der Waals surface area contributed by atoms with Crippen LogP contribution in [0.15, 0.2) is 12.2 Å². The van der Waals surface area contributed by atoms with Gasteiger partial charge in [-0.25, -0.2) is 0 Å². The van der Waals surface area contributed by atoms with Crippen LogP contribution in [0.3, 0.4) is 0 Å². The van der Waals surface area contributed by atoms with Crippen LogP contribution in [0.5, 0.6) is 0 Å². The molecule has 0 spiro atoms. The topological polar surface area (TPSA) is 9.23 Å². The molecule has 1 atom stereocenters. The molecule has 0 saturated heterocycles. The summed E-state index contributed by atoms with van der Waals surface area (Å²) in [5, 5.41) is 0. The van der Waals surface area contributed by atoms with Crippen molar-refractivity contribution in [2.75, 3.05) is 7.11 Å². The molecular formula is C17H32O. The van der Waals surface area contributed by atoms with Crippen molar-refractivity contribution in [3.05, 3.63) is 12.2 Å². The van der Waals surface area contributed by atoms with Gasteiger partial charge in [0, 0.05) is 7.11 Å². The van der Waals surface area contributed by atoms with E-state index in [-0.39, 0.29) is 0 Å². The normalized spacial score (nSPS) is 27.7. The Balaban J connectivity index is 2.21. The van der Waals surface area contributed by atoms with Gasteiger partial charge in [0.2, 0.25) is 0 Å². The third-order valence-electron chi connectivity index (χ3n) is 4.04. The molecule has 0 saturated carbocycles. The standard InChI is InChI=1S/C17H32O/c1-18-17-15-13-11-9-7-5-3-2-4-6-8-10-12-14-16-17/h2-3,17H,4-16H2,1H3/b3-2-. The SMILES string of the molecule is COC1CCCCCC/C=C\CCCCCCC1. The summed E-state index contributed by atoms with van der Waals surface area (Å²) in [5.41, 5.74) is 0. The van der Waals surface area contributed by atoms with Gasteiger partial charge in [-0.1, -0.05) is 57.1 Å². The van der Waals surface area contributed by atoms with Gasteiger partial charge in [-0.05, 0) is 38.5 Å². The lowest BCUT2D eigenvalue weighted by Gasteiger charge is -2.15. The first-order chi connectivity index (χ1) is 8.93. The van der Waals surface area contributed by atoms with E-state index in [4.69, 9.17) is 4.74 Å². The molecular weight excluding hydrogens is 220 g/mol. The highest BCUT2D eigenvalue weighted by Gasteiger charge is 2.06. The van der Waals surface area contributed by atoms with Crippen LogP contribution in [0.2, 0.25) is 0 Å². The number of methoxy groups -OCH3 is 1. The summed E-state index contributed by atoms with van der Waals surface area (Å²) < 4.78 is 5.58. The fourth-order valence-corrected chi connectivity index (χ4v) is 2.77. The molecule has 106 valence electrons. The third kappa shape index (κ3) is 8.74. The molecule has 1 unspecified atom stereocenters. The highest BCUT2D eigenvalue weighted by atomic mass is 16.5. The van der Waals surface area contributed by atoms with Crippen LogP contribution in [-0.4, -0.2) is 13.2 Å². The Morgan fingerprint density at radius 2 is 1.11 bits per heavy atom. The van der Waals surface area contributed by atoms with Gasteiger partial charge < -0.3 is 4.74 Å². The van der Waals surface area contributed by atoms with Crippen molar-refractivity contribution in [3.63, 3.8) is 0 Å². The van der Waals surface area contributed by atoms with Crippen LogP contribution in [-0.2, 0) is 4.74 Å². The second-order valence-corrected chi connectivity index (χ2v) is 5.67. The smallest absolute Gasteiger partial charge is 0.0571 e. The van der Waals surface area contributed by atoms with Gasteiger partial charge in [-0.2, -0.15) is 0 Å². The molecule has 0 N–H and O–H groups in total. The van der Waals surface area contributed by atoms with E-state index in [9.17, 15) is 0 Å². The Hall–Kier alpha value is -0.300. The molecule has 0 aromatic carbocycles. The van der Waals surface area contributed by atoms with Crippen molar-refractivity contribution in [2.45, 2.75) is 89.6 Å². The average molecular weight is 252 g/mol. The monoisotopic (exact) mass is 252 g/mol. The second-order valence-electron chi connectivity index (χ2n) is 5.67. The summed E-state index contributed by atoms with van der Waals surface area (Å²) >= 11 is 0. The lowest BCUT2D eigenvalue weighted by molar-refractivity contribution is 0.0832. The molecule has 0 amide bonds. The predicted molar refractivity (Wildman–Crippen MR) is 80.0 cm³/mol. The van der Waals surface area contributed by atoms with Gasteiger partial charge in [0.1, 0.15) is 0 Å². The van der Waals surface area contributed by atoms with Crippen molar-refractivity contribution in [1.29, 1.82) is 0 Å². The van der Waals surface area contributed by atoms with Crippen molar-refractivity contribution in [2.24, 2.45) is 0 Å².